The number of alkyl halides is 3. The standard InChI is InChI=1S/C21H27ClF3N3OS/c22-18-7-6-17(21(23,24)25)14-19(18)26-20(30)28(15-16-4-2-1-3-5-16)9-8-27-10-12-29-13-11-27/h1-2,6-7,14,16H,3-5,8-13,15H2,(H,26,30). The van der Waals surface area contributed by atoms with E-state index in [1.807, 2.05) is 0 Å². The van der Waals surface area contributed by atoms with Crippen LogP contribution < -0.4 is 5.32 Å². The van der Waals surface area contributed by atoms with E-state index >= 15 is 0 Å². The molecule has 1 aliphatic carbocycles. The molecule has 0 amide bonds. The second kappa shape index (κ2) is 10.8. The Labute approximate surface area is 186 Å². The molecular weight excluding hydrogens is 435 g/mol. The van der Waals surface area contributed by atoms with Crippen molar-refractivity contribution in [2.24, 2.45) is 5.92 Å². The first kappa shape index (κ1) is 23.3. The summed E-state index contributed by atoms with van der Waals surface area (Å²) in [6.07, 6.45) is 3.05. The van der Waals surface area contributed by atoms with Crippen LogP contribution in [-0.2, 0) is 10.9 Å². The fraction of sp³-hybridized carbons (Fsp3) is 0.571. The Hall–Kier alpha value is -1.35. The summed E-state index contributed by atoms with van der Waals surface area (Å²) in [5, 5.41) is 3.57. The lowest BCUT2D eigenvalue weighted by atomic mass is 9.94. The number of nitrogens with zero attached hydrogens (tertiary/aromatic N) is 2. The van der Waals surface area contributed by atoms with Crippen LogP contribution in [-0.4, -0.2) is 60.8 Å². The van der Waals surface area contributed by atoms with E-state index in [1.54, 1.807) is 0 Å². The second-order valence-corrected chi connectivity index (χ2v) is 8.47. The molecule has 1 aliphatic heterocycles. The van der Waals surface area contributed by atoms with Crippen molar-refractivity contribution in [3.8, 4) is 0 Å². The molecule has 1 N–H and O–H groups in total. The molecule has 4 nitrogen and oxygen atoms in total. The number of benzene rings is 1. The van der Waals surface area contributed by atoms with Crippen molar-refractivity contribution in [3.05, 3.63) is 40.9 Å². The third kappa shape index (κ3) is 6.83. The second-order valence-electron chi connectivity index (χ2n) is 7.67. The highest BCUT2D eigenvalue weighted by molar-refractivity contribution is 7.80. The SMILES string of the molecule is FC(F)(F)c1ccc(Cl)c(NC(=S)N(CCN2CCOCC2)CC2CC=CCC2)c1. The number of allylic oxidation sites excluding steroid dienone is 2. The highest BCUT2D eigenvalue weighted by Crippen LogP contribution is 2.34. The van der Waals surface area contributed by atoms with E-state index in [1.165, 1.54) is 6.07 Å². The Kier molecular flexibility index (Phi) is 8.39. The van der Waals surface area contributed by atoms with E-state index in [4.69, 9.17) is 28.6 Å². The van der Waals surface area contributed by atoms with E-state index in [0.717, 1.165) is 70.8 Å². The molecule has 1 saturated heterocycles. The fourth-order valence-electron chi connectivity index (χ4n) is 3.69. The molecule has 9 heteroatoms. The molecule has 1 heterocycles. The van der Waals surface area contributed by atoms with E-state index in [9.17, 15) is 13.2 Å². The summed E-state index contributed by atoms with van der Waals surface area (Å²) in [5.41, 5.74) is -0.578. The Bertz CT molecular complexity index is 754. The fourth-order valence-corrected chi connectivity index (χ4v) is 4.13. The van der Waals surface area contributed by atoms with Crippen molar-refractivity contribution in [3.63, 3.8) is 0 Å². The minimum atomic E-state index is -4.44. The third-order valence-electron chi connectivity index (χ3n) is 5.47. The van der Waals surface area contributed by atoms with Gasteiger partial charge in [0, 0.05) is 32.7 Å². The van der Waals surface area contributed by atoms with E-state index < -0.39 is 11.7 Å². The van der Waals surface area contributed by atoms with Gasteiger partial charge in [0.05, 0.1) is 29.5 Å². The maximum atomic E-state index is 13.1. The largest absolute Gasteiger partial charge is 0.416 e. The molecule has 1 aromatic carbocycles. The zero-order valence-corrected chi connectivity index (χ0v) is 18.3. The zero-order valence-electron chi connectivity index (χ0n) is 16.8. The molecule has 1 fully saturated rings. The van der Waals surface area contributed by atoms with E-state index in [0.29, 0.717) is 17.6 Å². The van der Waals surface area contributed by atoms with Gasteiger partial charge in [-0.3, -0.25) is 4.90 Å². The van der Waals surface area contributed by atoms with Crippen molar-refractivity contribution in [1.82, 2.24) is 9.80 Å². The van der Waals surface area contributed by atoms with Crippen molar-refractivity contribution in [1.29, 1.82) is 0 Å². The van der Waals surface area contributed by atoms with E-state index in [-0.39, 0.29) is 10.7 Å². The number of ether oxygens (including phenoxy) is 1. The highest BCUT2D eigenvalue weighted by Gasteiger charge is 2.31. The topological polar surface area (TPSA) is 27.7 Å². The predicted octanol–water partition coefficient (Wildman–Crippen LogP) is 5.05. The van der Waals surface area contributed by atoms with Gasteiger partial charge in [-0.05, 0) is 55.6 Å². The van der Waals surface area contributed by atoms with Crippen LogP contribution in [0.4, 0.5) is 18.9 Å². The lowest BCUT2D eigenvalue weighted by Gasteiger charge is -2.34. The summed E-state index contributed by atoms with van der Waals surface area (Å²) in [5.74, 6) is 0.469. The molecular formula is C21H27ClF3N3OS. The third-order valence-corrected chi connectivity index (χ3v) is 6.16. The Morgan fingerprint density at radius 3 is 2.70 bits per heavy atom. The van der Waals surface area contributed by atoms with Crippen LogP contribution in [0.15, 0.2) is 30.4 Å². The van der Waals surface area contributed by atoms with Crippen molar-refractivity contribution in [2.45, 2.75) is 25.4 Å². The summed E-state index contributed by atoms with van der Waals surface area (Å²) < 4.78 is 44.7. The quantitative estimate of drug-likeness (QED) is 0.473. The van der Waals surface area contributed by atoms with Crippen LogP contribution in [0.25, 0.3) is 0 Å². The number of morpholine rings is 1. The van der Waals surface area contributed by atoms with Crippen LogP contribution in [0.3, 0.4) is 0 Å². The van der Waals surface area contributed by atoms with Gasteiger partial charge >= 0.3 is 6.18 Å². The molecule has 0 saturated carbocycles. The smallest absolute Gasteiger partial charge is 0.379 e. The van der Waals surface area contributed by atoms with Crippen LogP contribution >= 0.6 is 23.8 Å². The van der Waals surface area contributed by atoms with Crippen molar-refractivity contribution < 1.29 is 17.9 Å². The molecule has 30 heavy (non-hydrogen) atoms. The van der Waals surface area contributed by atoms with Gasteiger partial charge in [0.15, 0.2) is 5.11 Å². The molecule has 0 bridgehead atoms. The van der Waals surface area contributed by atoms with Gasteiger partial charge in [0.1, 0.15) is 0 Å². The molecule has 0 aromatic heterocycles. The monoisotopic (exact) mass is 461 g/mol. The molecule has 166 valence electrons. The number of hydrogen-bond donors (Lipinski definition) is 1. The Morgan fingerprint density at radius 2 is 2.03 bits per heavy atom. The molecule has 1 aromatic rings. The van der Waals surface area contributed by atoms with Gasteiger partial charge in [-0.25, -0.2) is 0 Å². The van der Waals surface area contributed by atoms with Gasteiger partial charge in [-0.2, -0.15) is 13.2 Å². The number of nitrogens with one attached hydrogen (secondary N) is 1. The van der Waals surface area contributed by atoms with Gasteiger partial charge in [-0.1, -0.05) is 23.8 Å². The number of rotatable bonds is 6. The normalized spacial score (nSPS) is 20.2. The average Bonchev–Trinajstić information content (AvgIpc) is 2.73. The number of hydrogen-bond acceptors (Lipinski definition) is 3. The zero-order chi connectivity index (χ0) is 21.6. The maximum Gasteiger partial charge on any atom is 0.416 e. The average molecular weight is 462 g/mol. The molecule has 0 spiro atoms. The summed E-state index contributed by atoms with van der Waals surface area (Å²) in [4.78, 5) is 4.38. The summed E-state index contributed by atoms with van der Waals surface area (Å²) in [7, 11) is 0. The minimum Gasteiger partial charge on any atom is -0.379 e. The summed E-state index contributed by atoms with van der Waals surface area (Å²) >= 11 is 11.7. The van der Waals surface area contributed by atoms with Crippen molar-refractivity contribution in [2.75, 3.05) is 51.3 Å². The summed E-state index contributed by atoms with van der Waals surface area (Å²) in [6.45, 7) is 5.47. The number of thiocarbonyl (C=S) groups is 1. The first-order valence-corrected chi connectivity index (χ1v) is 11.0. The van der Waals surface area contributed by atoms with Gasteiger partial charge in [0.25, 0.3) is 0 Å². The number of anilines is 1. The van der Waals surface area contributed by atoms with Crippen molar-refractivity contribution >= 4 is 34.6 Å². The maximum absolute atomic E-state index is 13.1. The highest BCUT2D eigenvalue weighted by atomic mass is 35.5. The van der Waals surface area contributed by atoms with Gasteiger partial charge in [-0.15, -0.1) is 0 Å². The number of halogens is 4. The summed E-state index contributed by atoms with van der Waals surface area (Å²) in [6, 6.07) is 3.23. The van der Waals surface area contributed by atoms with Crippen LogP contribution in [0.1, 0.15) is 24.8 Å². The lowest BCUT2D eigenvalue weighted by molar-refractivity contribution is -0.137. The predicted molar refractivity (Wildman–Crippen MR) is 118 cm³/mol. The van der Waals surface area contributed by atoms with Crippen LogP contribution in [0, 0.1) is 5.92 Å². The van der Waals surface area contributed by atoms with Crippen LogP contribution in [0.5, 0.6) is 0 Å². The first-order chi connectivity index (χ1) is 14.3. The molecule has 0 radical (unpaired) electrons. The molecule has 1 atom stereocenters. The first-order valence-electron chi connectivity index (χ1n) is 10.2. The minimum absolute atomic E-state index is 0.177. The Morgan fingerprint density at radius 1 is 1.27 bits per heavy atom. The van der Waals surface area contributed by atoms with Crippen LogP contribution in [0.2, 0.25) is 5.02 Å². The molecule has 3 rings (SSSR count). The van der Waals surface area contributed by atoms with Gasteiger partial charge < -0.3 is 15.0 Å². The molecule has 1 unspecified atom stereocenters. The molecule has 2 aliphatic rings. The van der Waals surface area contributed by atoms with E-state index in [2.05, 4.69) is 27.3 Å². The lowest BCUT2D eigenvalue weighted by Crippen LogP contribution is -2.45. The Balaban J connectivity index is 1.69. The van der Waals surface area contributed by atoms with Gasteiger partial charge in [0.2, 0.25) is 0 Å².